The van der Waals surface area contributed by atoms with E-state index in [1.54, 1.807) is 36.3 Å². The van der Waals surface area contributed by atoms with Gasteiger partial charge in [-0.25, -0.2) is 4.68 Å². The number of ether oxygens (including phenoxy) is 2. The molecule has 0 amide bonds. The summed E-state index contributed by atoms with van der Waals surface area (Å²) < 4.78 is 13.5. The molecule has 10 heteroatoms. The Morgan fingerprint density at radius 3 is 2.87 bits per heavy atom. The van der Waals surface area contributed by atoms with E-state index in [1.165, 1.54) is 0 Å². The highest BCUT2D eigenvalue weighted by molar-refractivity contribution is 9.10. The third-order valence-corrected chi connectivity index (χ3v) is 5.38. The second-order valence-corrected chi connectivity index (χ2v) is 7.55. The summed E-state index contributed by atoms with van der Waals surface area (Å²) in [6, 6.07) is 11.0. The predicted octanol–water partition coefficient (Wildman–Crippen LogP) is 2.81. The van der Waals surface area contributed by atoms with Crippen LogP contribution in [0.3, 0.4) is 0 Å². The smallest absolute Gasteiger partial charge is 0.172 e. The van der Waals surface area contributed by atoms with Gasteiger partial charge in [-0.05, 0) is 46.7 Å². The molecule has 0 spiro atoms. The Morgan fingerprint density at radius 2 is 2.19 bits per heavy atom. The number of hydrogen-bond acceptors (Lipinski definition) is 8. The van der Waals surface area contributed by atoms with Gasteiger partial charge in [0.1, 0.15) is 0 Å². The van der Waals surface area contributed by atoms with E-state index in [1.807, 2.05) is 25.1 Å². The Morgan fingerprint density at radius 1 is 1.32 bits per heavy atom. The van der Waals surface area contributed by atoms with Crippen LogP contribution in [0.4, 0.5) is 0 Å². The maximum atomic E-state index is 9.24. The first kappa shape index (κ1) is 23.0. The normalized spacial score (nSPS) is 13.0. The van der Waals surface area contributed by atoms with Crippen molar-refractivity contribution in [3.63, 3.8) is 0 Å². The first-order valence-corrected chi connectivity index (χ1v) is 10.7. The number of rotatable bonds is 11. The van der Waals surface area contributed by atoms with E-state index in [-0.39, 0.29) is 12.1 Å². The Labute approximate surface area is 189 Å². The zero-order chi connectivity index (χ0) is 22.1. The van der Waals surface area contributed by atoms with Crippen molar-refractivity contribution in [2.24, 2.45) is 0 Å². The third kappa shape index (κ3) is 5.92. The van der Waals surface area contributed by atoms with Crippen LogP contribution in [0.1, 0.15) is 41.5 Å². The summed E-state index contributed by atoms with van der Waals surface area (Å²) in [7, 11) is 1.66. The van der Waals surface area contributed by atoms with Gasteiger partial charge in [0.2, 0.25) is 0 Å². The molecule has 3 rings (SSSR count). The molecule has 9 nitrogen and oxygen atoms in total. The molecule has 2 aromatic heterocycles. The molecule has 0 aliphatic heterocycles. The minimum absolute atomic E-state index is 0.164. The topological polar surface area (TPSA) is 111 Å². The van der Waals surface area contributed by atoms with E-state index >= 15 is 0 Å². The maximum absolute atomic E-state index is 9.24. The lowest BCUT2D eigenvalue weighted by Gasteiger charge is -2.26. The van der Waals surface area contributed by atoms with Gasteiger partial charge in [-0.3, -0.25) is 10.3 Å². The Balaban J connectivity index is 2.01. The van der Waals surface area contributed by atoms with Crippen LogP contribution >= 0.6 is 15.9 Å². The van der Waals surface area contributed by atoms with Crippen molar-refractivity contribution in [1.29, 1.82) is 5.26 Å². The highest BCUT2D eigenvalue weighted by Gasteiger charge is 2.27. The fourth-order valence-corrected chi connectivity index (χ4v) is 3.81. The van der Waals surface area contributed by atoms with Crippen LogP contribution in [0.5, 0.6) is 0 Å². The van der Waals surface area contributed by atoms with Gasteiger partial charge in [0.05, 0.1) is 43.5 Å². The Hall–Kier alpha value is -2.71. The lowest BCUT2D eigenvalue weighted by molar-refractivity contribution is 0.134. The Bertz CT molecular complexity index is 1010. The van der Waals surface area contributed by atoms with Gasteiger partial charge < -0.3 is 9.47 Å². The van der Waals surface area contributed by atoms with E-state index in [0.717, 1.165) is 15.6 Å². The van der Waals surface area contributed by atoms with Crippen LogP contribution in [-0.4, -0.2) is 52.1 Å². The van der Waals surface area contributed by atoms with Gasteiger partial charge in [-0.1, -0.05) is 28.1 Å². The van der Waals surface area contributed by atoms with Crippen LogP contribution in [0.25, 0.3) is 0 Å². The van der Waals surface area contributed by atoms with Gasteiger partial charge in [0.25, 0.3) is 0 Å². The van der Waals surface area contributed by atoms with Crippen molar-refractivity contribution >= 4 is 15.9 Å². The van der Waals surface area contributed by atoms with Crippen LogP contribution < -0.4 is 5.32 Å². The SMILES string of the molecule is CCOCCn1nnnc1C(N[C@@H](COC)c1cccnc1)c1ccc(C#N)cc1Br. The highest BCUT2D eigenvalue weighted by atomic mass is 79.9. The minimum atomic E-state index is -0.376. The number of nitrogens with zero attached hydrogens (tertiary/aromatic N) is 6. The quantitative estimate of drug-likeness (QED) is 0.412. The number of benzene rings is 1. The average molecular weight is 486 g/mol. The van der Waals surface area contributed by atoms with E-state index in [2.05, 4.69) is 47.8 Å². The van der Waals surface area contributed by atoms with Crippen molar-refractivity contribution in [2.75, 3.05) is 26.9 Å². The third-order valence-electron chi connectivity index (χ3n) is 4.70. The number of tetrazole rings is 1. The number of methoxy groups -OCH3 is 1. The molecule has 0 fully saturated rings. The molecule has 2 heterocycles. The fraction of sp³-hybridized carbons (Fsp3) is 0.381. The minimum Gasteiger partial charge on any atom is -0.383 e. The number of hydrogen-bond donors (Lipinski definition) is 1. The van der Waals surface area contributed by atoms with E-state index in [0.29, 0.717) is 37.8 Å². The summed E-state index contributed by atoms with van der Waals surface area (Å²) in [5.41, 5.74) is 2.44. The largest absolute Gasteiger partial charge is 0.383 e. The number of nitriles is 1. The monoisotopic (exact) mass is 485 g/mol. The molecule has 0 bridgehead atoms. The second-order valence-electron chi connectivity index (χ2n) is 6.70. The molecular weight excluding hydrogens is 462 g/mol. The summed E-state index contributed by atoms with van der Waals surface area (Å²) in [4.78, 5) is 4.24. The van der Waals surface area contributed by atoms with Gasteiger partial charge in [-0.15, -0.1) is 5.10 Å². The summed E-state index contributed by atoms with van der Waals surface area (Å²) >= 11 is 3.61. The van der Waals surface area contributed by atoms with Crippen molar-refractivity contribution in [3.05, 3.63) is 69.7 Å². The van der Waals surface area contributed by atoms with Crippen LogP contribution in [0.15, 0.2) is 47.2 Å². The number of pyridine rings is 1. The fourth-order valence-electron chi connectivity index (χ4n) is 3.20. The molecule has 0 radical (unpaired) electrons. The van der Waals surface area contributed by atoms with Crippen molar-refractivity contribution < 1.29 is 9.47 Å². The molecule has 0 saturated carbocycles. The number of aromatic nitrogens is 5. The van der Waals surface area contributed by atoms with Crippen LogP contribution in [0.2, 0.25) is 0 Å². The maximum Gasteiger partial charge on any atom is 0.172 e. The molecule has 162 valence electrons. The van der Waals surface area contributed by atoms with Gasteiger partial charge in [-0.2, -0.15) is 5.26 Å². The summed E-state index contributed by atoms with van der Waals surface area (Å²) in [6.45, 7) is 4.01. The second kappa shape index (κ2) is 11.6. The zero-order valence-corrected chi connectivity index (χ0v) is 19.0. The molecule has 1 aromatic carbocycles. The van der Waals surface area contributed by atoms with Gasteiger partial charge in [0.15, 0.2) is 5.82 Å². The molecule has 3 aromatic rings. The average Bonchev–Trinajstić information content (AvgIpc) is 3.26. The summed E-state index contributed by atoms with van der Waals surface area (Å²) in [6.07, 6.45) is 3.54. The van der Waals surface area contributed by atoms with Crippen molar-refractivity contribution in [2.45, 2.75) is 25.6 Å². The predicted molar refractivity (Wildman–Crippen MR) is 117 cm³/mol. The standard InChI is InChI=1S/C21H24BrN7O2/c1-3-31-10-9-29-21(26-27-28-29)20(17-7-6-15(12-23)11-18(17)22)25-19(14-30-2)16-5-4-8-24-13-16/h4-8,11,13,19-20,25H,3,9-10,14H2,1-2H3/t19-,20?/m0/s1. The molecule has 31 heavy (non-hydrogen) atoms. The lowest BCUT2D eigenvalue weighted by atomic mass is 10.0. The first-order chi connectivity index (χ1) is 15.2. The summed E-state index contributed by atoms with van der Waals surface area (Å²) in [5, 5.41) is 25.2. The molecular formula is C21H24BrN7O2. The van der Waals surface area contributed by atoms with E-state index in [4.69, 9.17) is 9.47 Å². The first-order valence-electron chi connectivity index (χ1n) is 9.86. The van der Waals surface area contributed by atoms with E-state index < -0.39 is 0 Å². The molecule has 0 aliphatic rings. The number of halogens is 1. The van der Waals surface area contributed by atoms with Crippen molar-refractivity contribution in [3.8, 4) is 6.07 Å². The molecule has 0 aliphatic carbocycles. The van der Waals surface area contributed by atoms with Crippen molar-refractivity contribution in [1.82, 2.24) is 30.5 Å². The van der Waals surface area contributed by atoms with Gasteiger partial charge >= 0.3 is 0 Å². The van der Waals surface area contributed by atoms with E-state index in [9.17, 15) is 5.26 Å². The molecule has 0 saturated heterocycles. The molecule has 1 unspecified atom stereocenters. The van der Waals surface area contributed by atoms with Gasteiger partial charge in [0, 0.05) is 30.6 Å². The van der Waals surface area contributed by atoms with Crippen LogP contribution in [-0.2, 0) is 16.0 Å². The Kier molecular flexibility index (Phi) is 8.61. The molecule has 1 N–H and O–H groups in total. The zero-order valence-electron chi connectivity index (χ0n) is 17.4. The highest BCUT2D eigenvalue weighted by Crippen LogP contribution is 2.31. The van der Waals surface area contributed by atoms with Crippen LogP contribution in [0, 0.1) is 11.3 Å². The molecule has 2 atom stereocenters. The lowest BCUT2D eigenvalue weighted by Crippen LogP contribution is -2.33. The number of nitrogens with one attached hydrogen (secondary N) is 1. The summed E-state index contributed by atoms with van der Waals surface area (Å²) in [5.74, 6) is 0.634.